The average molecular weight is 272 g/mol. The lowest BCUT2D eigenvalue weighted by Gasteiger charge is -2.35. The molecule has 1 aliphatic rings. The van der Waals surface area contributed by atoms with Crippen molar-refractivity contribution < 1.29 is 9.53 Å². The Balaban J connectivity index is 1.94. The number of para-hydroxylation sites is 1. The first-order valence-electron chi connectivity index (χ1n) is 7.05. The minimum Gasteiger partial charge on any atom is -0.372 e. The molecule has 0 radical (unpaired) electrons. The maximum absolute atomic E-state index is 12.7. The van der Waals surface area contributed by atoms with Gasteiger partial charge in [0.25, 0.3) is 5.91 Å². The number of fused-ring (bicyclic) bond motifs is 1. The summed E-state index contributed by atoms with van der Waals surface area (Å²) in [6.45, 7) is 5.34. The summed E-state index contributed by atoms with van der Waals surface area (Å²) in [5.41, 5.74) is 1.83. The molecule has 0 N–H and O–H groups in total. The number of hydrogen-bond acceptors (Lipinski definition) is 2. The number of benzene rings is 1. The van der Waals surface area contributed by atoms with Gasteiger partial charge >= 0.3 is 0 Å². The van der Waals surface area contributed by atoms with Gasteiger partial charge in [-0.1, -0.05) is 18.2 Å². The topological polar surface area (TPSA) is 34.5 Å². The fourth-order valence-electron chi connectivity index (χ4n) is 3.00. The van der Waals surface area contributed by atoms with Crippen LogP contribution in [0.25, 0.3) is 10.9 Å². The van der Waals surface area contributed by atoms with E-state index in [4.69, 9.17) is 4.74 Å². The van der Waals surface area contributed by atoms with Crippen LogP contribution in [0, 0.1) is 0 Å². The van der Waals surface area contributed by atoms with E-state index in [1.165, 1.54) is 0 Å². The molecule has 0 aliphatic carbocycles. The molecule has 2 aromatic rings. The van der Waals surface area contributed by atoms with Crippen molar-refractivity contribution in [2.24, 2.45) is 7.05 Å². The summed E-state index contributed by atoms with van der Waals surface area (Å²) in [7, 11) is 1.95. The zero-order valence-electron chi connectivity index (χ0n) is 12.2. The second-order valence-electron chi connectivity index (χ2n) is 5.61. The van der Waals surface area contributed by atoms with E-state index in [2.05, 4.69) is 0 Å². The zero-order chi connectivity index (χ0) is 14.3. The summed E-state index contributed by atoms with van der Waals surface area (Å²) in [4.78, 5) is 14.6. The maximum atomic E-state index is 12.7. The van der Waals surface area contributed by atoms with Gasteiger partial charge in [-0.2, -0.15) is 0 Å². The van der Waals surface area contributed by atoms with Gasteiger partial charge in [0.2, 0.25) is 0 Å². The minimum atomic E-state index is 0.0886. The number of amides is 1. The molecule has 4 nitrogen and oxygen atoms in total. The normalized spacial score (nSPS) is 23.2. The molecule has 1 aliphatic heterocycles. The van der Waals surface area contributed by atoms with Crippen molar-refractivity contribution in [2.75, 3.05) is 13.1 Å². The average Bonchev–Trinajstić information content (AvgIpc) is 2.75. The van der Waals surface area contributed by atoms with Crippen LogP contribution < -0.4 is 0 Å². The molecule has 1 saturated heterocycles. The molecule has 1 amide bonds. The second kappa shape index (κ2) is 4.94. The number of carbonyl (C=O) groups excluding carboxylic acids is 1. The van der Waals surface area contributed by atoms with Gasteiger partial charge in [0, 0.05) is 31.0 Å². The molecule has 1 aromatic heterocycles. The Bertz CT molecular complexity index is 637. The zero-order valence-corrected chi connectivity index (χ0v) is 12.2. The van der Waals surface area contributed by atoms with Crippen molar-refractivity contribution in [2.45, 2.75) is 26.1 Å². The van der Waals surface area contributed by atoms with E-state index in [9.17, 15) is 4.79 Å². The van der Waals surface area contributed by atoms with Crippen molar-refractivity contribution in [3.8, 4) is 0 Å². The minimum absolute atomic E-state index is 0.0886. The molecule has 1 fully saturated rings. The third-order valence-corrected chi connectivity index (χ3v) is 3.88. The van der Waals surface area contributed by atoms with Gasteiger partial charge in [-0.15, -0.1) is 0 Å². The van der Waals surface area contributed by atoms with Gasteiger partial charge in [0.05, 0.1) is 12.2 Å². The Hall–Kier alpha value is -1.81. The number of nitrogens with zero attached hydrogens (tertiary/aromatic N) is 2. The lowest BCUT2D eigenvalue weighted by atomic mass is 10.2. The highest BCUT2D eigenvalue weighted by molar-refractivity contribution is 5.98. The van der Waals surface area contributed by atoms with Crippen molar-refractivity contribution >= 4 is 16.8 Å². The van der Waals surface area contributed by atoms with Gasteiger partial charge in [-0.05, 0) is 26.0 Å². The van der Waals surface area contributed by atoms with E-state index in [0.717, 1.165) is 16.6 Å². The molecule has 0 spiro atoms. The van der Waals surface area contributed by atoms with E-state index < -0.39 is 0 Å². The summed E-state index contributed by atoms with van der Waals surface area (Å²) in [6, 6.07) is 10.0. The van der Waals surface area contributed by atoms with Crippen LogP contribution >= 0.6 is 0 Å². The molecule has 106 valence electrons. The molecular weight excluding hydrogens is 252 g/mol. The number of rotatable bonds is 1. The quantitative estimate of drug-likeness (QED) is 0.799. The Morgan fingerprint density at radius 2 is 1.85 bits per heavy atom. The Morgan fingerprint density at radius 3 is 2.50 bits per heavy atom. The summed E-state index contributed by atoms with van der Waals surface area (Å²) >= 11 is 0. The predicted octanol–water partition coefficient (Wildman–Crippen LogP) is 2.43. The van der Waals surface area contributed by atoms with Crippen LogP contribution in [0.5, 0.6) is 0 Å². The molecule has 0 unspecified atom stereocenters. The number of carbonyl (C=O) groups is 1. The molecule has 0 bridgehead atoms. The lowest BCUT2D eigenvalue weighted by molar-refractivity contribution is -0.0588. The third kappa shape index (κ3) is 2.20. The largest absolute Gasteiger partial charge is 0.372 e. The van der Waals surface area contributed by atoms with Crippen LogP contribution in [-0.4, -0.2) is 40.7 Å². The van der Waals surface area contributed by atoms with Crippen LogP contribution in [0.1, 0.15) is 24.3 Å². The van der Waals surface area contributed by atoms with Crippen LogP contribution in [0.4, 0.5) is 0 Å². The number of aromatic nitrogens is 1. The number of ether oxygens (including phenoxy) is 1. The predicted molar refractivity (Wildman–Crippen MR) is 78.8 cm³/mol. The highest BCUT2D eigenvalue weighted by Gasteiger charge is 2.28. The molecule has 0 saturated carbocycles. The van der Waals surface area contributed by atoms with Gasteiger partial charge in [-0.3, -0.25) is 4.79 Å². The first-order valence-corrected chi connectivity index (χ1v) is 7.05. The lowest BCUT2D eigenvalue weighted by Crippen LogP contribution is -2.48. The third-order valence-electron chi connectivity index (χ3n) is 3.88. The summed E-state index contributed by atoms with van der Waals surface area (Å²) in [6.07, 6.45) is 0.190. The van der Waals surface area contributed by atoms with Gasteiger partial charge < -0.3 is 14.2 Å². The Kier molecular flexibility index (Phi) is 3.26. The maximum Gasteiger partial charge on any atom is 0.270 e. The highest BCUT2D eigenvalue weighted by Crippen LogP contribution is 2.21. The number of morpholine rings is 1. The molecule has 2 atom stereocenters. The summed E-state index contributed by atoms with van der Waals surface area (Å²) in [5.74, 6) is 0.0886. The monoisotopic (exact) mass is 272 g/mol. The SMILES string of the molecule is C[C@@H]1CN(C(=O)c2cc3ccccc3n2C)C[C@H](C)O1. The van der Waals surface area contributed by atoms with Crippen molar-refractivity contribution in [3.63, 3.8) is 0 Å². The molecule has 1 aromatic carbocycles. The van der Waals surface area contributed by atoms with E-state index in [0.29, 0.717) is 13.1 Å². The van der Waals surface area contributed by atoms with Crippen molar-refractivity contribution in [1.82, 2.24) is 9.47 Å². The second-order valence-corrected chi connectivity index (χ2v) is 5.61. The standard InChI is InChI=1S/C16H20N2O2/c1-11-9-18(10-12(2)20-11)16(19)15-8-13-6-4-5-7-14(13)17(15)3/h4-8,11-12H,9-10H2,1-3H3/t11-,12+. The summed E-state index contributed by atoms with van der Waals surface area (Å²) < 4.78 is 7.67. The summed E-state index contributed by atoms with van der Waals surface area (Å²) in [5, 5.41) is 1.10. The van der Waals surface area contributed by atoms with Crippen LogP contribution in [0.2, 0.25) is 0 Å². The van der Waals surface area contributed by atoms with Crippen molar-refractivity contribution in [3.05, 3.63) is 36.0 Å². The highest BCUT2D eigenvalue weighted by atomic mass is 16.5. The molecule has 4 heteroatoms. The Labute approximate surface area is 118 Å². The fourth-order valence-corrected chi connectivity index (χ4v) is 3.00. The van der Waals surface area contributed by atoms with E-state index in [1.54, 1.807) is 0 Å². The number of hydrogen-bond donors (Lipinski definition) is 0. The molecule has 20 heavy (non-hydrogen) atoms. The number of aryl methyl sites for hydroxylation is 1. The van der Waals surface area contributed by atoms with E-state index >= 15 is 0 Å². The van der Waals surface area contributed by atoms with Crippen LogP contribution in [0.15, 0.2) is 30.3 Å². The van der Waals surface area contributed by atoms with Gasteiger partial charge in [0.1, 0.15) is 5.69 Å². The molecular formula is C16H20N2O2. The first kappa shape index (κ1) is 13.2. The van der Waals surface area contributed by atoms with Gasteiger partial charge in [0.15, 0.2) is 0 Å². The fraction of sp³-hybridized carbons (Fsp3) is 0.438. The van der Waals surface area contributed by atoms with Crippen molar-refractivity contribution in [1.29, 1.82) is 0 Å². The molecule has 3 rings (SSSR count). The molecule has 2 heterocycles. The van der Waals surface area contributed by atoms with Gasteiger partial charge in [-0.25, -0.2) is 0 Å². The smallest absolute Gasteiger partial charge is 0.270 e. The Morgan fingerprint density at radius 1 is 1.20 bits per heavy atom. The van der Waals surface area contributed by atoms with Crippen LogP contribution in [0.3, 0.4) is 0 Å². The first-order chi connectivity index (χ1) is 9.56. The van der Waals surface area contributed by atoms with Crippen LogP contribution in [-0.2, 0) is 11.8 Å². The van der Waals surface area contributed by atoms with E-state index in [-0.39, 0.29) is 18.1 Å². The van der Waals surface area contributed by atoms with E-state index in [1.807, 2.05) is 60.7 Å².